The van der Waals surface area contributed by atoms with E-state index >= 15 is 0 Å². The van der Waals surface area contributed by atoms with Crippen LogP contribution in [0.5, 0.6) is 0 Å². The number of hydrogen-bond acceptors (Lipinski definition) is 3. The number of carbonyl (C=O) groups is 1. The van der Waals surface area contributed by atoms with Crippen molar-refractivity contribution in [3.63, 3.8) is 0 Å². The SMILES string of the molecule is Cc1ccc(C)c(C(=O)c2ccc(S(C)(=O)=O)cc2)c1. The summed E-state index contributed by atoms with van der Waals surface area (Å²) >= 11 is 0. The van der Waals surface area contributed by atoms with Crippen molar-refractivity contribution in [1.82, 2.24) is 0 Å². The molecule has 0 unspecified atom stereocenters. The van der Waals surface area contributed by atoms with E-state index in [2.05, 4.69) is 0 Å². The number of ketones is 1. The molecule has 0 amide bonds. The van der Waals surface area contributed by atoms with E-state index < -0.39 is 9.84 Å². The summed E-state index contributed by atoms with van der Waals surface area (Å²) in [6.45, 7) is 3.82. The molecule has 0 atom stereocenters. The number of benzene rings is 2. The fourth-order valence-corrected chi connectivity index (χ4v) is 2.62. The molecular formula is C16H16O3S. The van der Waals surface area contributed by atoms with Crippen molar-refractivity contribution in [3.05, 3.63) is 64.7 Å². The van der Waals surface area contributed by atoms with Gasteiger partial charge in [0.2, 0.25) is 0 Å². The summed E-state index contributed by atoms with van der Waals surface area (Å²) < 4.78 is 22.8. The molecule has 4 heteroatoms. The Balaban J connectivity index is 2.42. The number of rotatable bonds is 3. The van der Waals surface area contributed by atoms with E-state index in [-0.39, 0.29) is 10.7 Å². The van der Waals surface area contributed by atoms with Gasteiger partial charge in [0.1, 0.15) is 0 Å². The molecule has 0 saturated heterocycles. The minimum atomic E-state index is -3.24. The molecule has 3 nitrogen and oxygen atoms in total. The van der Waals surface area contributed by atoms with Crippen molar-refractivity contribution in [2.75, 3.05) is 6.26 Å². The summed E-state index contributed by atoms with van der Waals surface area (Å²) in [6.07, 6.45) is 1.15. The van der Waals surface area contributed by atoms with Crippen molar-refractivity contribution < 1.29 is 13.2 Å². The average Bonchev–Trinajstić information content (AvgIpc) is 2.40. The maximum Gasteiger partial charge on any atom is 0.193 e. The summed E-state index contributed by atoms with van der Waals surface area (Å²) in [5.41, 5.74) is 3.07. The highest BCUT2D eigenvalue weighted by Crippen LogP contribution is 2.17. The van der Waals surface area contributed by atoms with Crippen LogP contribution in [0.2, 0.25) is 0 Å². The topological polar surface area (TPSA) is 51.2 Å². The lowest BCUT2D eigenvalue weighted by Crippen LogP contribution is -2.05. The predicted octanol–water partition coefficient (Wildman–Crippen LogP) is 2.94. The lowest BCUT2D eigenvalue weighted by molar-refractivity contribution is 0.103. The smallest absolute Gasteiger partial charge is 0.193 e. The normalized spacial score (nSPS) is 11.3. The van der Waals surface area contributed by atoms with Gasteiger partial charge < -0.3 is 0 Å². The Labute approximate surface area is 119 Å². The van der Waals surface area contributed by atoms with Gasteiger partial charge in [0.25, 0.3) is 0 Å². The van der Waals surface area contributed by atoms with Crippen LogP contribution in [0.4, 0.5) is 0 Å². The van der Waals surface area contributed by atoms with Crippen LogP contribution in [-0.2, 0) is 9.84 Å². The molecule has 0 aliphatic carbocycles. The Kier molecular flexibility index (Phi) is 3.77. The van der Waals surface area contributed by atoms with E-state index in [0.717, 1.165) is 17.4 Å². The molecule has 2 aromatic carbocycles. The van der Waals surface area contributed by atoms with Gasteiger partial charge in [0, 0.05) is 17.4 Å². The maximum atomic E-state index is 12.4. The molecule has 0 aliphatic heterocycles. The fourth-order valence-electron chi connectivity index (χ4n) is 1.99. The minimum absolute atomic E-state index is 0.0914. The zero-order valence-electron chi connectivity index (χ0n) is 11.7. The first-order chi connectivity index (χ1) is 9.29. The third kappa shape index (κ3) is 2.96. The number of sulfone groups is 1. The predicted molar refractivity (Wildman–Crippen MR) is 78.9 cm³/mol. The Morgan fingerprint density at radius 3 is 2.10 bits per heavy atom. The van der Waals surface area contributed by atoms with Crippen LogP contribution in [0.25, 0.3) is 0 Å². The van der Waals surface area contributed by atoms with Gasteiger partial charge in [-0.05, 0) is 49.7 Å². The lowest BCUT2D eigenvalue weighted by Gasteiger charge is -2.07. The second-order valence-electron chi connectivity index (χ2n) is 4.94. The van der Waals surface area contributed by atoms with Gasteiger partial charge in [-0.2, -0.15) is 0 Å². The van der Waals surface area contributed by atoms with Crippen molar-refractivity contribution >= 4 is 15.6 Å². The summed E-state index contributed by atoms with van der Waals surface area (Å²) in [5.74, 6) is -0.0914. The Bertz CT molecular complexity index is 757. The highest BCUT2D eigenvalue weighted by Gasteiger charge is 2.13. The molecule has 104 valence electrons. The van der Waals surface area contributed by atoms with Crippen molar-refractivity contribution in [3.8, 4) is 0 Å². The Morgan fingerprint density at radius 2 is 1.55 bits per heavy atom. The fraction of sp³-hybridized carbons (Fsp3) is 0.188. The molecule has 0 saturated carbocycles. The molecule has 0 N–H and O–H groups in total. The molecule has 0 radical (unpaired) electrons. The first-order valence-electron chi connectivity index (χ1n) is 6.21. The molecule has 20 heavy (non-hydrogen) atoms. The number of carbonyl (C=O) groups excluding carboxylic acids is 1. The minimum Gasteiger partial charge on any atom is -0.289 e. The van der Waals surface area contributed by atoms with Gasteiger partial charge in [0.15, 0.2) is 15.6 Å². The average molecular weight is 288 g/mol. The van der Waals surface area contributed by atoms with Crippen LogP contribution < -0.4 is 0 Å². The second kappa shape index (κ2) is 5.21. The summed E-state index contributed by atoms with van der Waals surface area (Å²) in [5, 5.41) is 0. The Morgan fingerprint density at radius 1 is 0.950 bits per heavy atom. The largest absolute Gasteiger partial charge is 0.289 e. The number of aryl methyl sites for hydroxylation is 2. The van der Waals surface area contributed by atoms with E-state index in [4.69, 9.17) is 0 Å². The van der Waals surface area contributed by atoms with Crippen molar-refractivity contribution in [1.29, 1.82) is 0 Å². The van der Waals surface area contributed by atoms with E-state index in [1.54, 1.807) is 12.1 Å². The van der Waals surface area contributed by atoms with Crippen LogP contribution in [0.1, 0.15) is 27.0 Å². The standard InChI is InChI=1S/C16H16O3S/c1-11-4-5-12(2)15(10-11)16(17)13-6-8-14(9-7-13)20(3,18)19/h4-10H,1-3H3. The Hall–Kier alpha value is -1.94. The third-order valence-corrected chi connectivity index (χ3v) is 4.31. The van der Waals surface area contributed by atoms with Gasteiger partial charge >= 0.3 is 0 Å². The summed E-state index contributed by atoms with van der Waals surface area (Å²) in [7, 11) is -3.24. The molecule has 0 aliphatic rings. The quantitative estimate of drug-likeness (QED) is 0.816. The van der Waals surface area contributed by atoms with Crippen molar-refractivity contribution in [2.45, 2.75) is 18.7 Å². The highest BCUT2D eigenvalue weighted by molar-refractivity contribution is 7.90. The highest BCUT2D eigenvalue weighted by atomic mass is 32.2. The van der Waals surface area contributed by atoms with E-state index in [9.17, 15) is 13.2 Å². The number of hydrogen-bond donors (Lipinski definition) is 0. The zero-order chi connectivity index (χ0) is 14.9. The van der Waals surface area contributed by atoms with Gasteiger partial charge in [-0.15, -0.1) is 0 Å². The molecule has 0 bridgehead atoms. The second-order valence-corrected chi connectivity index (χ2v) is 6.96. The summed E-state index contributed by atoms with van der Waals surface area (Å²) in [6, 6.07) is 11.8. The van der Waals surface area contributed by atoms with Crippen LogP contribution >= 0.6 is 0 Å². The van der Waals surface area contributed by atoms with Crippen LogP contribution in [0, 0.1) is 13.8 Å². The van der Waals surface area contributed by atoms with E-state index in [1.165, 1.54) is 12.1 Å². The van der Waals surface area contributed by atoms with Crippen LogP contribution in [0.15, 0.2) is 47.4 Å². The first kappa shape index (κ1) is 14.5. The van der Waals surface area contributed by atoms with E-state index in [0.29, 0.717) is 11.1 Å². The van der Waals surface area contributed by atoms with Gasteiger partial charge in [0.05, 0.1) is 4.90 Å². The summed E-state index contributed by atoms with van der Waals surface area (Å²) in [4.78, 5) is 12.6. The van der Waals surface area contributed by atoms with Crippen molar-refractivity contribution in [2.24, 2.45) is 0 Å². The van der Waals surface area contributed by atoms with Crippen LogP contribution in [0.3, 0.4) is 0 Å². The lowest BCUT2D eigenvalue weighted by atomic mass is 9.97. The molecule has 0 heterocycles. The van der Waals surface area contributed by atoms with Gasteiger partial charge in [-0.3, -0.25) is 4.79 Å². The van der Waals surface area contributed by atoms with Crippen LogP contribution in [-0.4, -0.2) is 20.5 Å². The zero-order valence-corrected chi connectivity index (χ0v) is 12.5. The third-order valence-electron chi connectivity index (χ3n) is 3.18. The van der Waals surface area contributed by atoms with Gasteiger partial charge in [-0.25, -0.2) is 8.42 Å². The van der Waals surface area contributed by atoms with Gasteiger partial charge in [-0.1, -0.05) is 17.7 Å². The first-order valence-corrected chi connectivity index (χ1v) is 8.10. The molecule has 0 fully saturated rings. The molecule has 0 spiro atoms. The molecule has 2 aromatic rings. The monoisotopic (exact) mass is 288 g/mol. The maximum absolute atomic E-state index is 12.4. The molecule has 2 rings (SSSR count). The van der Waals surface area contributed by atoms with E-state index in [1.807, 2.05) is 32.0 Å². The molecule has 0 aromatic heterocycles. The molecular weight excluding hydrogens is 272 g/mol.